The predicted molar refractivity (Wildman–Crippen MR) is 117 cm³/mol. The Morgan fingerprint density at radius 3 is 2.59 bits per heavy atom. The second-order valence-corrected chi connectivity index (χ2v) is 9.99. The Hall–Kier alpha value is -2.38. The molecule has 156 valence electrons. The average Bonchev–Trinajstić information content (AvgIpc) is 2.68. The van der Waals surface area contributed by atoms with E-state index in [-0.39, 0.29) is 23.4 Å². The fourth-order valence-corrected chi connectivity index (χ4v) is 4.71. The second kappa shape index (κ2) is 8.16. The van der Waals surface area contributed by atoms with Crippen LogP contribution in [0.5, 0.6) is 0 Å². The number of carbonyl (C=O) groups is 1. The lowest BCUT2D eigenvalue weighted by Crippen LogP contribution is -2.44. The minimum atomic E-state index is -3.55. The third kappa shape index (κ3) is 4.16. The number of hydrogen-bond donors (Lipinski definition) is 1. The molecule has 0 aliphatic carbocycles. The molecule has 29 heavy (non-hydrogen) atoms. The molecule has 1 amide bonds. The minimum absolute atomic E-state index is 0.0254. The van der Waals surface area contributed by atoms with Gasteiger partial charge in [0, 0.05) is 31.5 Å². The van der Waals surface area contributed by atoms with Crippen molar-refractivity contribution in [3.63, 3.8) is 0 Å². The van der Waals surface area contributed by atoms with Crippen molar-refractivity contribution in [1.82, 2.24) is 4.31 Å². The summed E-state index contributed by atoms with van der Waals surface area (Å²) in [5, 5.41) is 3.18. The van der Waals surface area contributed by atoms with Crippen molar-refractivity contribution in [1.29, 1.82) is 0 Å². The van der Waals surface area contributed by atoms with Gasteiger partial charge in [-0.3, -0.25) is 4.79 Å². The fourth-order valence-electron chi connectivity index (χ4n) is 3.69. The van der Waals surface area contributed by atoms with Crippen LogP contribution in [0.25, 0.3) is 0 Å². The maximum atomic E-state index is 13.1. The molecule has 0 unspecified atom stereocenters. The Morgan fingerprint density at radius 1 is 1.21 bits per heavy atom. The lowest BCUT2D eigenvalue weighted by atomic mass is 9.96. The van der Waals surface area contributed by atoms with Gasteiger partial charge in [0.2, 0.25) is 15.9 Å². The Bertz CT molecular complexity index is 1030. The molecule has 0 fully saturated rings. The summed E-state index contributed by atoms with van der Waals surface area (Å²) in [6, 6.07) is 11.4. The van der Waals surface area contributed by atoms with Crippen LogP contribution in [0.1, 0.15) is 30.0 Å². The van der Waals surface area contributed by atoms with Crippen LogP contribution in [0, 0.1) is 13.8 Å². The maximum Gasteiger partial charge on any atom is 0.246 e. The number of carbonyl (C=O) groups excluding carboxylic acids is 1. The first-order valence-electron chi connectivity index (χ1n) is 9.80. The number of sulfonamides is 1. The monoisotopic (exact) mass is 415 g/mol. The highest BCUT2D eigenvalue weighted by Gasteiger charge is 2.28. The SMILES string of the molecule is Cc1cc(S(=O)(=O)N(C)C)cc(NCC(=O)N2c3ccccc3CC[C@H]2C)c1C. The van der Waals surface area contributed by atoms with Gasteiger partial charge in [0.1, 0.15) is 0 Å². The number of amides is 1. The molecule has 2 aromatic carbocycles. The normalized spacial score (nSPS) is 16.6. The summed E-state index contributed by atoms with van der Waals surface area (Å²) in [4.78, 5) is 15.1. The van der Waals surface area contributed by atoms with Gasteiger partial charge in [-0.2, -0.15) is 0 Å². The molecule has 0 bridgehead atoms. The van der Waals surface area contributed by atoms with Crippen molar-refractivity contribution < 1.29 is 13.2 Å². The van der Waals surface area contributed by atoms with E-state index in [1.807, 2.05) is 36.9 Å². The van der Waals surface area contributed by atoms with E-state index in [4.69, 9.17) is 0 Å². The third-order valence-electron chi connectivity index (χ3n) is 5.64. The molecular weight excluding hydrogens is 386 g/mol. The van der Waals surface area contributed by atoms with Gasteiger partial charge in [-0.15, -0.1) is 0 Å². The van der Waals surface area contributed by atoms with Gasteiger partial charge in [-0.1, -0.05) is 18.2 Å². The number of fused-ring (bicyclic) bond motifs is 1. The van der Waals surface area contributed by atoms with Crippen LogP contribution in [0.4, 0.5) is 11.4 Å². The smallest absolute Gasteiger partial charge is 0.246 e. The van der Waals surface area contributed by atoms with E-state index in [0.717, 1.165) is 29.7 Å². The van der Waals surface area contributed by atoms with Crippen LogP contribution in [0.3, 0.4) is 0 Å². The van der Waals surface area contributed by atoms with E-state index in [1.165, 1.54) is 24.0 Å². The fraction of sp³-hybridized carbons (Fsp3) is 0.409. The van der Waals surface area contributed by atoms with E-state index >= 15 is 0 Å². The Balaban J connectivity index is 1.85. The van der Waals surface area contributed by atoms with Crippen LogP contribution < -0.4 is 10.2 Å². The molecular formula is C22H29N3O3S. The van der Waals surface area contributed by atoms with Crippen molar-refractivity contribution in [2.24, 2.45) is 0 Å². The molecule has 2 aromatic rings. The van der Waals surface area contributed by atoms with Gasteiger partial charge in [0.15, 0.2) is 0 Å². The Labute approximate surface area is 173 Å². The number of benzene rings is 2. The summed E-state index contributed by atoms with van der Waals surface area (Å²) in [6.45, 7) is 5.96. The van der Waals surface area contributed by atoms with E-state index in [1.54, 1.807) is 12.1 Å². The predicted octanol–water partition coefficient (Wildman–Crippen LogP) is 3.33. The van der Waals surface area contributed by atoms with E-state index in [9.17, 15) is 13.2 Å². The first kappa shape index (κ1) is 21.3. The van der Waals surface area contributed by atoms with Crippen LogP contribution in [-0.2, 0) is 21.2 Å². The zero-order valence-electron chi connectivity index (χ0n) is 17.7. The summed E-state index contributed by atoms with van der Waals surface area (Å²) >= 11 is 0. The molecule has 0 radical (unpaired) electrons. The largest absolute Gasteiger partial charge is 0.376 e. The maximum absolute atomic E-state index is 13.1. The Kier molecular flexibility index (Phi) is 6.00. The van der Waals surface area contributed by atoms with Gasteiger partial charge in [-0.25, -0.2) is 12.7 Å². The van der Waals surface area contributed by atoms with Gasteiger partial charge in [-0.05, 0) is 68.5 Å². The highest BCUT2D eigenvalue weighted by atomic mass is 32.2. The average molecular weight is 416 g/mol. The van der Waals surface area contributed by atoms with Crippen molar-refractivity contribution >= 4 is 27.3 Å². The zero-order chi connectivity index (χ0) is 21.3. The lowest BCUT2D eigenvalue weighted by Gasteiger charge is -2.35. The number of nitrogens with zero attached hydrogens (tertiary/aromatic N) is 2. The second-order valence-electron chi connectivity index (χ2n) is 7.83. The van der Waals surface area contributed by atoms with Crippen LogP contribution >= 0.6 is 0 Å². The molecule has 1 aliphatic rings. The number of hydrogen-bond acceptors (Lipinski definition) is 4. The lowest BCUT2D eigenvalue weighted by molar-refractivity contribution is -0.117. The first-order valence-corrected chi connectivity index (χ1v) is 11.2. The summed E-state index contributed by atoms with van der Waals surface area (Å²) in [5.74, 6) is -0.0254. The number of anilines is 2. The van der Waals surface area contributed by atoms with Gasteiger partial charge in [0.05, 0.1) is 11.4 Å². The molecule has 0 saturated carbocycles. The number of aryl methyl sites for hydroxylation is 2. The molecule has 0 aromatic heterocycles. The molecule has 1 aliphatic heterocycles. The highest BCUT2D eigenvalue weighted by molar-refractivity contribution is 7.89. The molecule has 1 heterocycles. The molecule has 0 saturated heterocycles. The van der Waals surface area contributed by atoms with Crippen LogP contribution in [-0.4, -0.2) is 45.3 Å². The van der Waals surface area contributed by atoms with Crippen molar-refractivity contribution in [2.45, 2.75) is 44.6 Å². The molecule has 7 heteroatoms. The summed E-state index contributed by atoms with van der Waals surface area (Å²) < 4.78 is 26.3. The summed E-state index contributed by atoms with van der Waals surface area (Å²) in [5.41, 5.74) is 4.61. The minimum Gasteiger partial charge on any atom is -0.376 e. The van der Waals surface area contributed by atoms with E-state index in [2.05, 4.69) is 18.3 Å². The summed E-state index contributed by atoms with van der Waals surface area (Å²) in [6.07, 6.45) is 1.90. The molecule has 1 atom stereocenters. The van der Waals surface area contributed by atoms with Crippen molar-refractivity contribution in [2.75, 3.05) is 30.9 Å². The van der Waals surface area contributed by atoms with Gasteiger partial charge >= 0.3 is 0 Å². The Morgan fingerprint density at radius 2 is 1.90 bits per heavy atom. The third-order valence-corrected chi connectivity index (χ3v) is 7.43. The standard InChI is InChI=1S/C22H29N3O3S/c1-15-12-19(29(27,28)24(4)5)13-20(17(15)3)23-14-22(26)25-16(2)10-11-18-8-6-7-9-21(18)25/h6-9,12-13,16,23H,10-11,14H2,1-5H3/t16-/m1/s1. The molecule has 1 N–H and O–H groups in total. The quantitative estimate of drug-likeness (QED) is 0.813. The first-order chi connectivity index (χ1) is 13.6. The molecule has 0 spiro atoms. The number of rotatable bonds is 5. The van der Waals surface area contributed by atoms with Crippen molar-refractivity contribution in [3.8, 4) is 0 Å². The van der Waals surface area contributed by atoms with Crippen LogP contribution in [0.2, 0.25) is 0 Å². The number of nitrogens with one attached hydrogen (secondary N) is 1. The highest BCUT2D eigenvalue weighted by Crippen LogP contribution is 2.31. The van der Waals surface area contributed by atoms with Gasteiger partial charge < -0.3 is 10.2 Å². The molecule has 3 rings (SSSR count). The molecule has 6 nitrogen and oxygen atoms in total. The van der Waals surface area contributed by atoms with Gasteiger partial charge in [0.25, 0.3) is 0 Å². The number of para-hydroxylation sites is 1. The van der Waals surface area contributed by atoms with E-state index in [0.29, 0.717) is 5.69 Å². The topological polar surface area (TPSA) is 69.7 Å². The summed E-state index contributed by atoms with van der Waals surface area (Å²) in [7, 11) is -0.528. The van der Waals surface area contributed by atoms with Crippen molar-refractivity contribution in [3.05, 3.63) is 53.1 Å². The zero-order valence-corrected chi connectivity index (χ0v) is 18.5. The van der Waals surface area contributed by atoms with Crippen LogP contribution in [0.15, 0.2) is 41.3 Å². The van der Waals surface area contributed by atoms with E-state index < -0.39 is 10.0 Å².